The first-order chi connectivity index (χ1) is 29.0. The SMILES string of the molecule is CC/C=C/C/C=C/C/C=C/C/C=C/C/C=C/C(CC(=O)NC(CO)C(O)CCCCCCCCCCCC)OC(=O)CCCCC/C=C/C=C/CCCCCCCCC. The van der Waals surface area contributed by atoms with Gasteiger partial charge in [0.1, 0.15) is 6.10 Å². The Bertz CT molecular complexity index is 1150. The highest BCUT2D eigenvalue weighted by atomic mass is 16.5. The van der Waals surface area contributed by atoms with Gasteiger partial charge < -0.3 is 20.3 Å². The zero-order valence-electron chi connectivity index (χ0n) is 38.4. The third kappa shape index (κ3) is 41.6. The molecule has 0 spiro atoms. The second-order valence-electron chi connectivity index (χ2n) is 16.2. The molecule has 0 radical (unpaired) electrons. The summed E-state index contributed by atoms with van der Waals surface area (Å²) in [6.45, 7) is 6.29. The molecular formula is C53H91NO5. The Kier molecular flexibility index (Phi) is 43.8. The first kappa shape index (κ1) is 56.0. The predicted octanol–water partition coefficient (Wildman–Crippen LogP) is 14.4. The molecule has 0 heterocycles. The van der Waals surface area contributed by atoms with Crippen molar-refractivity contribution in [3.63, 3.8) is 0 Å². The summed E-state index contributed by atoms with van der Waals surface area (Å²) in [6.07, 6.45) is 59.6. The van der Waals surface area contributed by atoms with Crippen LogP contribution >= 0.6 is 0 Å². The third-order valence-electron chi connectivity index (χ3n) is 10.5. The Morgan fingerprint density at radius 2 is 0.983 bits per heavy atom. The summed E-state index contributed by atoms with van der Waals surface area (Å²) in [5.41, 5.74) is 0. The van der Waals surface area contributed by atoms with Crippen molar-refractivity contribution in [2.24, 2.45) is 0 Å². The van der Waals surface area contributed by atoms with Gasteiger partial charge in [-0.1, -0.05) is 209 Å². The van der Waals surface area contributed by atoms with Crippen molar-refractivity contribution in [3.05, 3.63) is 85.1 Å². The molecule has 0 aromatic rings. The van der Waals surface area contributed by atoms with Crippen molar-refractivity contribution in [1.29, 1.82) is 0 Å². The lowest BCUT2D eigenvalue weighted by Gasteiger charge is -2.23. The number of aliphatic hydroxyl groups excluding tert-OH is 2. The molecule has 6 nitrogen and oxygen atoms in total. The van der Waals surface area contributed by atoms with Crippen LogP contribution < -0.4 is 5.32 Å². The van der Waals surface area contributed by atoms with Crippen molar-refractivity contribution in [2.45, 2.75) is 232 Å². The van der Waals surface area contributed by atoms with Gasteiger partial charge in [0.05, 0.1) is 25.2 Å². The highest BCUT2D eigenvalue weighted by Gasteiger charge is 2.23. The van der Waals surface area contributed by atoms with Gasteiger partial charge in [-0.3, -0.25) is 9.59 Å². The summed E-state index contributed by atoms with van der Waals surface area (Å²) in [4.78, 5) is 26.0. The lowest BCUT2D eigenvalue weighted by atomic mass is 10.0. The number of nitrogens with one attached hydrogen (secondary N) is 1. The number of carbonyl (C=O) groups is 2. The molecule has 3 atom stereocenters. The van der Waals surface area contributed by atoms with E-state index >= 15 is 0 Å². The highest BCUT2D eigenvalue weighted by molar-refractivity contribution is 5.78. The van der Waals surface area contributed by atoms with Gasteiger partial charge in [0, 0.05) is 6.42 Å². The number of esters is 1. The number of hydrogen-bond acceptors (Lipinski definition) is 5. The van der Waals surface area contributed by atoms with E-state index in [4.69, 9.17) is 4.74 Å². The molecule has 0 saturated heterocycles. The van der Waals surface area contributed by atoms with E-state index in [-0.39, 0.29) is 24.9 Å². The molecule has 3 unspecified atom stereocenters. The Morgan fingerprint density at radius 3 is 1.47 bits per heavy atom. The van der Waals surface area contributed by atoms with E-state index < -0.39 is 18.2 Å². The van der Waals surface area contributed by atoms with Crippen LogP contribution in [-0.2, 0) is 14.3 Å². The van der Waals surface area contributed by atoms with Gasteiger partial charge in [-0.25, -0.2) is 0 Å². The normalized spacial score (nSPS) is 14.1. The average Bonchev–Trinajstić information content (AvgIpc) is 3.23. The zero-order valence-corrected chi connectivity index (χ0v) is 38.4. The predicted molar refractivity (Wildman–Crippen MR) is 254 cm³/mol. The van der Waals surface area contributed by atoms with Crippen LogP contribution in [0.3, 0.4) is 0 Å². The van der Waals surface area contributed by atoms with Crippen LogP contribution in [0.2, 0.25) is 0 Å². The summed E-state index contributed by atoms with van der Waals surface area (Å²) in [6, 6.07) is -0.750. The van der Waals surface area contributed by atoms with Gasteiger partial charge in [0.25, 0.3) is 0 Å². The minimum atomic E-state index is -0.825. The fraction of sp³-hybridized carbons (Fsp3) is 0.698. The molecular weight excluding hydrogens is 731 g/mol. The summed E-state index contributed by atoms with van der Waals surface area (Å²) < 4.78 is 5.79. The lowest BCUT2D eigenvalue weighted by Crippen LogP contribution is -2.46. The number of amides is 1. The smallest absolute Gasteiger partial charge is 0.306 e. The molecule has 0 fully saturated rings. The Hall–Kier alpha value is -2.96. The van der Waals surface area contributed by atoms with E-state index in [1.807, 2.05) is 6.08 Å². The minimum absolute atomic E-state index is 0.0603. The Morgan fingerprint density at radius 1 is 0.542 bits per heavy atom. The van der Waals surface area contributed by atoms with Crippen molar-refractivity contribution >= 4 is 11.9 Å². The molecule has 59 heavy (non-hydrogen) atoms. The van der Waals surface area contributed by atoms with E-state index in [1.165, 1.54) is 89.9 Å². The number of ether oxygens (including phenoxy) is 1. The molecule has 0 aliphatic heterocycles. The number of hydrogen-bond donors (Lipinski definition) is 3. The quantitative estimate of drug-likeness (QED) is 0.0247. The molecule has 0 aliphatic carbocycles. The van der Waals surface area contributed by atoms with Gasteiger partial charge in [0.2, 0.25) is 5.91 Å². The monoisotopic (exact) mass is 822 g/mol. The molecule has 6 heteroatoms. The molecule has 0 aromatic heterocycles. The Balaban J connectivity index is 4.81. The molecule has 3 N–H and O–H groups in total. The van der Waals surface area contributed by atoms with Crippen LogP contribution in [0.25, 0.3) is 0 Å². The fourth-order valence-electron chi connectivity index (χ4n) is 6.79. The number of aliphatic hydroxyl groups is 2. The highest BCUT2D eigenvalue weighted by Crippen LogP contribution is 2.15. The summed E-state index contributed by atoms with van der Waals surface area (Å²) in [7, 11) is 0. The average molecular weight is 822 g/mol. The minimum Gasteiger partial charge on any atom is -0.458 e. The maximum atomic E-state index is 13.1. The summed E-state index contributed by atoms with van der Waals surface area (Å²) in [5, 5.41) is 23.6. The second-order valence-corrected chi connectivity index (χ2v) is 16.2. The van der Waals surface area contributed by atoms with Gasteiger partial charge >= 0.3 is 5.97 Å². The van der Waals surface area contributed by atoms with Gasteiger partial charge in [-0.05, 0) is 76.7 Å². The van der Waals surface area contributed by atoms with E-state index in [0.29, 0.717) is 19.3 Å². The number of unbranched alkanes of at least 4 members (excludes halogenated alkanes) is 19. The van der Waals surface area contributed by atoms with Crippen molar-refractivity contribution in [1.82, 2.24) is 5.32 Å². The van der Waals surface area contributed by atoms with Crippen LogP contribution in [0.4, 0.5) is 0 Å². The molecule has 0 bridgehead atoms. The standard InChI is InChI=1S/C53H91NO5/c1-4-7-10-13-16-19-22-24-26-27-29-31-34-37-40-43-46-53(58)59-49(44-41-38-35-32-30-28-25-23-20-17-14-11-8-5-2)47-52(57)54-50(48-55)51(56)45-42-39-36-33-21-18-15-12-9-6-3/h8,11,17,20,25-29,31-32,35,41,44,49-51,55-56H,4-7,9-10,12-16,18-19,21-24,30,33-34,36-40,42-43,45-48H2,1-3H3,(H,54,57)/b11-8+,20-17+,27-26+,28-25+,31-29+,35-32+,44-41+. The van der Waals surface area contributed by atoms with Gasteiger partial charge in [-0.2, -0.15) is 0 Å². The maximum Gasteiger partial charge on any atom is 0.306 e. The first-order valence-corrected chi connectivity index (χ1v) is 24.3. The van der Waals surface area contributed by atoms with E-state index in [0.717, 1.165) is 77.0 Å². The van der Waals surface area contributed by atoms with E-state index in [9.17, 15) is 19.8 Å². The van der Waals surface area contributed by atoms with Crippen molar-refractivity contribution in [2.75, 3.05) is 6.61 Å². The molecule has 0 aliphatic rings. The maximum absolute atomic E-state index is 13.1. The molecule has 0 saturated carbocycles. The number of rotatable bonds is 42. The molecule has 338 valence electrons. The van der Waals surface area contributed by atoms with E-state index in [1.54, 1.807) is 6.08 Å². The third-order valence-corrected chi connectivity index (χ3v) is 10.5. The van der Waals surface area contributed by atoms with E-state index in [2.05, 4.69) is 99.0 Å². The Labute approximate surface area is 363 Å². The van der Waals surface area contributed by atoms with Gasteiger partial charge in [0.15, 0.2) is 0 Å². The lowest BCUT2D eigenvalue weighted by molar-refractivity contribution is -0.148. The summed E-state index contributed by atoms with van der Waals surface area (Å²) >= 11 is 0. The van der Waals surface area contributed by atoms with Crippen molar-refractivity contribution < 1.29 is 24.5 Å². The topological polar surface area (TPSA) is 95.9 Å². The van der Waals surface area contributed by atoms with Crippen LogP contribution in [0.15, 0.2) is 85.1 Å². The first-order valence-electron chi connectivity index (χ1n) is 24.3. The largest absolute Gasteiger partial charge is 0.458 e. The van der Waals surface area contributed by atoms with Crippen LogP contribution in [0.1, 0.15) is 213 Å². The van der Waals surface area contributed by atoms with Crippen LogP contribution in [0.5, 0.6) is 0 Å². The van der Waals surface area contributed by atoms with Crippen LogP contribution in [-0.4, -0.2) is 46.9 Å². The summed E-state index contributed by atoms with van der Waals surface area (Å²) in [5.74, 6) is -0.667. The number of carbonyl (C=O) groups excluding carboxylic acids is 2. The number of allylic oxidation sites excluding steroid dienone is 13. The van der Waals surface area contributed by atoms with Crippen molar-refractivity contribution in [3.8, 4) is 0 Å². The molecule has 0 aromatic carbocycles. The fourth-order valence-corrected chi connectivity index (χ4v) is 6.79. The molecule has 1 amide bonds. The second kappa shape index (κ2) is 46.1. The van der Waals surface area contributed by atoms with Crippen LogP contribution in [0, 0.1) is 0 Å². The van der Waals surface area contributed by atoms with Gasteiger partial charge in [-0.15, -0.1) is 0 Å². The zero-order chi connectivity index (χ0) is 43.1. The molecule has 0 rings (SSSR count).